The number of anilines is 1. The molecule has 13 heteroatoms. The second-order valence-electron chi connectivity index (χ2n) is 8.13. The van der Waals surface area contributed by atoms with Gasteiger partial charge in [-0.25, -0.2) is 4.79 Å². The Labute approximate surface area is 213 Å². The van der Waals surface area contributed by atoms with Gasteiger partial charge in [0.1, 0.15) is 5.01 Å². The minimum atomic E-state index is -5.08. The zero-order valence-corrected chi connectivity index (χ0v) is 20.5. The molecule has 5 aromatic rings. The molecule has 0 fully saturated rings. The van der Waals surface area contributed by atoms with Crippen LogP contribution in [0.5, 0.6) is 0 Å². The molecule has 0 radical (unpaired) electrons. The van der Waals surface area contributed by atoms with E-state index in [4.69, 9.17) is 9.90 Å². The lowest BCUT2D eigenvalue weighted by atomic mass is 10.1. The van der Waals surface area contributed by atoms with Crippen molar-refractivity contribution in [3.8, 4) is 10.6 Å². The third-order valence-corrected chi connectivity index (χ3v) is 6.30. The van der Waals surface area contributed by atoms with Crippen molar-refractivity contribution < 1.29 is 23.1 Å². The topological polar surface area (TPSA) is 132 Å². The maximum Gasteiger partial charge on any atom is 0.490 e. The summed E-state index contributed by atoms with van der Waals surface area (Å²) in [5, 5.41) is 34.0. The monoisotopic (exact) mass is 531 g/mol. The summed E-state index contributed by atoms with van der Waals surface area (Å²) in [6, 6.07) is 16.7. The molecule has 5 rings (SSSR count). The van der Waals surface area contributed by atoms with E-state index in [0.29, 0.717) is 0 Å². The largest absolute Gasteiger partial charge is 0.490 e. The van der Waals surface area contributed by atoms with E-state index in [0.717, 1.165) is 58.4 Å². The standard InChI is InChI=1S/C22H23N7S.C2HF3O2/c1-14-18-12-16(7-8-20(18)27-26-14)21-28-29-22(30-21)24-10-4-9-23-13-17-11-15-5-2-3-6-19(15)25-17;3-2(4,5)1(6)7/h2-3,5-8,11-12,23,25H,4,9-10,13H2,1H3,(H,24,29)(H,26,27);(H,6,7). The number of carboxylic acid groups (broad SMARTS) is 1. The number of aromatic amines is 2. The van der Waals surface area contributed by atoms with Crippen LogP contribution in [0.25, 0.3) is 32.4 Å². The van der Waals surface area contributed by atoms with E-state index in [2.05, 4.69) is 72.4 Å². The van der Waals surface area contributed by atoms with Crippen LogP contribution in [-0.4, -0.2) is 55.7 Å². The number of aliphatic carboxylic acids is 1. The summed E-state index contributed by atoms with van der Waals surface area (Å²) >= 11 is 1.58. The van der Waals surface area contributed by atoms with E-state index < -0.39 is 12.1 Å². The lowest BCUT2D eigenvalue weighted by Crippen LogP contribution is -2.21. The Morgan fingerprint density at radius 2 is 1.89 bits per heavy atom. The molecule has 0 aliphatic carbocycles. The Hall–Kier alpha value is -3.97. The number of halogens is 3. The van der Waals surface area contributed by atoms with Gasteiger partial charge in [-0.1, -0.05) is 29.5 Å². The summed E-state index contributed by atoms with van der Waals surface area (Å²) in [6.07, 6.45) is -4.07. The molecule has 5 N–H and O–H groups in total. The van der Waals surface area contributed by atoms with E-state index in [9.17, 15) is 13.2 Å². The average molecular weight is 532 g/mol. The second-order valence-corrected chi connectivity index (χ2v) is 9.11. The number of aromatic nitrogens is 5. The maximum absolute atomic E-state index is 10.6. The number of aryl methyl sites for hydroxylation is 1. The highest BCUT2D eigenvalue weighted by Crippen LogP contribution is 2.29. The molecule has 3 aromatic heterocycles. The molecular weight excluding hydrogens is 507 g/mol. The number of hydrogen-bond donors (Lipinski definition) is 5. The van der Waals surface area contributed by atoms with Crippen LogP contribution in [0.4, 0.5) is 18.3 Å². The summed E-state index contributed by atoms with van der Waals surface area (Å²) in [4.78, 5) is 12.3. The number of rotatable bonds is 8. The fourth-order valence-corrected chi connectivity index (χ4v) is 4.31. The number of nitrogens with zero attached hydrogens (tertiary/aromatic N) is 3. The molecule has 0 saturated heterocycles. The van der Waals surface area contributed by atoms with Crippen LogP contribution in [-0.2, 0) is 11.3 Å². The van der Waals surface area contributed by atoms with Crippen molar-refractivity contribution in [3.05, 3.63) is 59.9 Å². The molecule has 2 aromatic carbocycles. The zero-order chi connectivity index (χ0) is 26.4. The van der Waals surface area contributed by atoms with Gasteiger partial charge in [0.15, 0.2) is 0 Å². The third kappa shape index (κ3) is 6.83. The molecule has 0 unspecified atom stereocenters. The van der Waals surface area contributed by atoms with Crippen molar-refractivity contribution in [2.24, 2.45) is 0 Å². The van der Waals surface area contributed by atoms with Crippen LogP contribution in [0.1, 0.15) is 17.8 Å². The minimum absolute atomic E-state index is 0.841. The van der Waals surface area contributed by atoms with Gasteiger partial charge in [-0.3, -0.25) is 5.10 Å². The Balaban J connectivity index is 0.000000405. The lowest BCUT2D eigenvalue weighted by molar-refractivity contribution is -0.192. The van der Waals surface area contributed by atoms with Gasteiger partial charge in [0.25, 0.3) is 0 Å². The van der Waals surface area contributed by atoms with Crippen molar-refractivity contribution in [3.63, 3.8) is 0 Å². The van der Waals surface area contributed by atoms with Gasteiger partial charge in [-0.2, -0.15) is 18.3 Å². The molecule has 0 atom stereocenters. The summed E-state index contributed by atoms with van der Waals surface area (Å²) < 4.78 is 31.7. The first-order chi connectivity index (χ1) is 17.7. The van der Waals surface area contributed by atoms with Crippen LogP contribution >= 0.6 is 11.3 Å². The maximum atomic E-state index is 10.6. The van der Waals surface area contributed by atoms with Gasteiger partial charge in [0, 0.05) is 40.9 Å². The normalized spacial score (nSPS) is 11.5. The van der Waals surface area contributed by atoms with E-state index in [-0.39, 0.29) is 0 Å². The molecule has 194 valence electrons. The fourth-order valence-electron chi connectivity index (χ4n) is 3.54. The molecular formula is C24H24F3N7O2S. The van der Waals surface area contributed by atoms with Gasteiger partial charge in [0.05, 0.1) is 5.52 Å². The Morgan fingerprint density at radius 1 is 1.11 bits per heavy atom. The van der Waals surface area contributed by atoms with E-state index >= 15 is 0 Å². The lowest BCUT2D eigenvalue weighted by Gasteiger charge is -2.04. The van der Waals surface area contributed by atoms with Crippen molar-refractivity contribution in [1.82, 2.24) is 30.7 Å². The van der Waals surface area contributed by atoms with Crippen LogP contribution < -0.4 is 10.6 Å². The van der Waals surface area contributed by atoms with Crippen molar-refractivity contribution in [1.29, 1.82) is 0 Å². The highest BCUT2D eigenvalue weighted by atomic mass is 32.1. The smallest absolute Gasteiger partial charge is 0.475 e. The van der Waals surface area contributed by atoms with Gasteiger partial charge < -0.3 is 20.7 Å². The number of nitrogens with one attached hydrogen (secondary N) is 4. The number of carboxylic acids is 1. The van der Waals surface area contributed by atoms with E-state index in [1.165, 1.54) is 16.6 Å². The molecule has 0 amide bonds. The highest BCUT2D eigenvalue weighted by Gasteiger charge is 2.38. The fraction of sp³-hybridized carbons (Fsp3) is 0.250. The van der Waals surface area contributed by atoms with Crippen molar-refractivity contribution in [2.75, 3.05) is 18.4 Å². The first kappa shape index (κ1) is 26.1. The number of carbonyl (C=O) groups is 1. The summed E-state index contributed by atoms with van der Waals surface area (Å²) in [7, 11) is 0. The van der Waals surface area contributed by atoms with E-state index in [1.807, 2.05) is 19.1 Å². The second kappa shape index (κ2) is 11.4. The Morgan fingerprint density at radius 3 is 2.65 bits per heavy atom. The first-order valence-corrected chi connectivity index (χ1v) is 12.1. The van der Waals surface area contributed by atoms with Crippen LogP contribution in [0, 0.1) is 6.92 Å². The number of benzene rings is 2. The first-order valence-electron chi connectivity index (χ1n) is 11.3. The summed E-state index contributed by atoms with van der Waals surface area (Å²) in [6.45, 7) is 4.66. The van der Waals surface area contributed by atoms with Crippen LogP contribution in [0.2, 0.25) is 0 Å². The number of para-hydroxylation sites is 1. The molecule has 0 spiro atoms. The van der Waals surface area contributed by atoms with Crippen molar-refractivity contribution >= 4 is 44.2 Å². The van der Waals surface area contributed by atoms with Crippen molar-refractivity contribution in [2.45, 2.75) is 26.1 Å². The number of hydrogen-bond acceptors (Lipinski definition) is 7. The van der Waals surface area contributed by atoms with Gasteiger partial charge in [-0.05, 0) is 55.6 Å². The van der Waals surface area contributed by atoms with Gasteiger partial charge in [-0.15, -0.1) is 10.2 Å². The highest BCUT2D eigenvalue weighted by molar-refractivity contribution is 7.18. The molecule has 0 saturated carbocycles. The SMILES string of the molecule is Cc1[nH]nc2ccc(-c3nnc(NCCCNCc4cc5ccccc5[nH]4)s3)cc12.O=C(O)C(F)(F)F. The molecule has 0 aliphatic rings. The van der Waals surface area contributed by atoms with Crippen LogP contribution in [0.3, 0.4) is 0 Å². The quantitative estimate of drug-likeness (QED) is 0.176. The summed E-state index contributed by atoms with van der Waals surface area (Å²) in [5.74, 6) is -2.76. The minimum Gasteiger partial charge on any atom is -0.475 e. The Kier molecular flexibility index (Phi) is 8.04. The molecule has 37 heavy (non-hydrogen) atoms. The third-order valence-electron chi connectivity index (χ3n) is 5.37. The summed E-state index contributed by atoms with van der Waals surface area (Å²) in [5.41, 5.74) is 5.50. The van der Waals surface area contributed by atoms with Crippen LogP contribution in [0.15, 0.2) is 48.5 Å². The van der Waals surface area contributed by atoms with Gasteiger partial charge in [0.2, 0.25) is 5.13 Å². The van der Waals surface area contributed by atoms with Gasteiger partial charge >= 0.3 is 12.1 Å². The molecule has 0 aliphatic heterocycles. The zero-order valence-electron chi connectivity index (χ0n) is 19.7. The Bertz CT molecular complexity index is 1460. The predicted octanol–water partition coefficient (Wildman–Crippen LogP) is 5.10. The average Bonchev–Trinajstić information content (AvgIpc) is 3.59. The molecule has 0 bridgehead atoms. The number of H-pyrrole nitrogens is 2. The van der Waals surface area contributed by atoms with E-state index in [1.54, 1.807) is 11.3 Å². The predicted molar refractivity (Wildman–Crippen MR) is 137 cm³/mol. The number of alkyl halides is 3. The molecule has 3 heterocycles. The molecule has 9 nitrogen and oxygen atoms in total. The number of fused-ring (bicyclic) bond motifs is 2.